The minimum absolute atomic E-state index is 0. The summed E-state index contributed by atoms with van der Waals surface area (Å²) in [6, 6.07) is 0. The van der Waals surface area contributed by atoms with E-state index in [4.69, 9.17) is 0 Å². The van der Waals surface area contributed by atoms with E-state index < -0.39 is 54.9 Å². The Kier molecular flexibility index (Phi) is 9.77. The molecule has 0 aliphatic heterocycles. The van der Waals surface area contributed by atoms with Crippen molar-refractivity contribution in [1.29, 1.82) is 0 Å². The molecule has 0 saturated carbocycles. The summed E-state index contributed by atoms with van der Waals surface area (Å²) in [6.07, 6.45) is -13.7. The largest absolute Gasteiger partial charge is 0.743 e. The smallest absolute Gasteiger partial charge is 0.461 e. The molecule has 29 heavy (non-hydrogen) atoms. The minimum atomic E-state index is -7.10. The molecule has 0 aromatic heterocycles. The van der Waals surface area contributed by atoms with Crippen LogP contribution in [0.3, 0.4) is 0 Å². The Morgan fingerprint density at radius 1 is 0.448 bits per heavy atom. The van der Waals surface area contributed by atoms with Gasteiger partial charge in [-0.15, -0.1) is 0 Å². The van der Waals surface area contributed by atoms with Gasteiger partial charge in [-0.3, -0.25) is 0 Å². The van der Waals surface area contributed by atoms with Crippen LogP contribution in [0.25, 0.3) is 0 Å². The van der Waals surface area contributed by atoms with Gasteiger partial charge in [0.05, 0.1) is 0 Å². The predicted octanol–water partition coefficient (Wildman–Crippen LogP) is 2.64. The maximum atomic E-state index is 11.8. The van der Waals surface area contributed by atoms with E-state index in [9.17, 15) is 87.4 Å². The third-order valence-electron chi connectivity index (χ3n) is 2.07. The molecule has 0 fully saturated rings. The molecule has 6 nitrogen and oxygen atoms in total. The quantitative estimate of drug-likeness (QED) is 0.331. The molecule has 0 aromatic rings. The monoisotopic (exact) mass is 691 g/mol. The molecule has 0 N–H and O–H groups in total. The van der Waals surface area contributed by atoms with Crippen molar-refractivity contribution >= 4 is 20.2 Å². The molecule has 181 valence electrons. The van der Waals surface area contributed by atoms with Gasteiger partial charge in [0, 0.05) is 20.1 Å². The van der Waals surface area contributed by atoms with Crippen molar-refractivity contribution in [2.75, 3.05) is 0 Å². The van der Waals surface area contributed by atoms with Crippen LogP contribution in [-0.4, -0.2) is 60.6 Å². The Labute approximate surface area is 163 Å². The second-order valence-electron chi connectivity index (χ2n) is 4.09. The van der Waals surface area contributed by atoms with E-state index >= 15 is 0 Å². The fourth-order valence-electron chi connectivity index (χ4n) is 0.644. The predicted molar refractivity (Wildman–Crippen MR) is 51.3 cm³/mol. The first-order chi connectivity index (χ1) is 11.5. The summed E-state index contributed by atoms with van der Waals surface area (Å²) in [4.78, 5) is 0. The van der Waals surface area contributed by atoms with Gasteiger partial charge in [-0.05, 0) is 0 Å². The van der Waals surface area contributed by atoms with Gasteiger partial charge in [0.25, 0.3) is 0 Å². The van der Waals surface area contributed by atoms with Gasteiger partial charge < -0.3 is 9.11 Å². The third kappa shape index (κ3) is 6.24. The van der Waals surface area contributed by atoms with Crippen LogP contribution < -0.4 is 0 Å². The normalized spacial score (nSPS) is 15.2. The second kappa shape index (κ2) is 8.55. The molecule has 0 rings (SSSR count). The summed E-state index contributed by atoms with van der Waals surface area (Å²) in [7, 11) is -14.2. The number of hydrogen-bond acceptors (Lipinski definition) is 6. The molecule has 0 aliphatic carbocycles. The minimum Gasteiger partial charge on any atom is -0.743 e. The Hall–Kier alpha value is -0.511. The van der Waals surface area contributed by atoms with E-state index in [0.717, 1.165) is 0 Å². The molecule has 0 saturated heterocycles. The first kappa shape index (κ1) is 33.1. The molecule has 0 heterocycles. The van der Waals surface area contributed by atoms with E-state index in [2.05, 4.69) is 0 Å². The Morgan fingerprint density at radius 2 is 0.586 bits per heavy atom. The van der Waals surface area contributed by atoms with Gasteiger partial charge in [0.1, 0.15) is 0 Å². The molecule has 0 aromatic carbocycles. The van der Waals surface area contributed by atoms with Crippen LogP contribution in [0.1, 0.15) is 0 Å². The summed E-state index contributed by atoms with van der Waals surface area (Å²) in [6.45, 7) is 0. The van der Waals surface area contributed by atoms with Crippen molar-refractivity contribution in [3.05, 3.63) is 0 Å². The van der Waals surface area contributed by atoms with Crippen molar-refractivity contribution in [1.82, 2.24) is 0 Å². The zero-order valence-electron chi connectivity index (χ0n) is 11.9. The molecule has 1 radical (unpaired) electrons. The van der Waals surface area contributed by atoms with Crippen molar-refractivity contribution in [2.24, 2.45) is 0 Å². The number of rotatable bonds is 4. The zero-order valence-corrected chi connectivity index (χ0v) is 15.9. The van der Waals surface area contributed by atoms with Crippen molar-refractivity contribution in [2.45, 2.75) is 34.7 Å². The van der Waals surface area contributed by atoms with Crippen LogP contribution in [0.15, 0.2) is 0 Å². The van der Waals surface area contributed by atoms with Crippen molar-refractivity contribution in [3.63, 3.8) is 0 Å². The molecule has 23 heteroatoms. The summed E-state index contributed by atoms with van der Waals surface area (Å²) in [5, 5.41) is -13.4. The molecule has 0 spiro atoms. The maximum absolute atomic E-state index is 11.8. The first-order valence-electron chi connectivity index (χ1n) is 5.05. The van der Waals surface area contributed by atoms with Crippen LogP contribution in [0.5, 0.6) is 0 Å². The van der Waals surface area contributed by atoms with E-state index in [1.54, 1.807) is 0 Å². The summed E-state index contributed by atoms with van der Waals surface area (Å²) in [5.41, 5.74) is 0. The fraction of sp³-hybridized carbons (Fsp3) is 1.00. The molecule has 0 aliphatic rings. The SMILES string of the molecule is O=S(=O)([O-])C(F)(F)C(F)(F)C(F)(F)F.O=S(=O)([O-])C(F)(F)C(F)(F)C(F)(F)F.[Ir]. The maximum Gasteiger partial charge on any atom is 0.461 e. The molecule has 0 bridgehead atoms. The number of alkyl halides is 14. The molecular weight excluding hydrogens is 690 g/mol. The Morgan fingerprint density at radius 3 is 0.621 bits per heavy atom. The van der Waals surface area contributed by atoms with Gasteiger partial charge in [0.15, 0.2) is 20.2 Å². The average molecular weight is 690 g/mol. The summed E-state index contributed by atoms with van der Waals surface area (Å²) < 4.78 is 218. The van der Waals surface area contributed by atoms with Crippen molar-refractivity contribution < 1.29 is 108 Å². The standard InChI is InChI=1S/2C3HF7O3S.Ir/c2*4-1(5,2(6,7)8)3(9,10)14(11,12)13;/h2*(H,11,12,13);/p-2. The van der Waals surface area contributed by atoms with Gasteiger partial charge in [-0.1, -0.05) is 0 Å². The van der Waals surface area contributed by atoms with E-state index in [-0.39, 0.29) is 20.1 Å². The summed E-state index contributed by atoms with van der Waals surface area (Å²) >= 11 is 0. The van der Waals surface area contributed by atoms with Crippen LogP contribution in [-0.2, 0) is 40.3 Å². The Bertz CT molecular complexity index is 699. The van der Waals surface area contributed by atoms with E-state index in [1.807, 2.05) is 0 Å². The average Bonchev–Trinajstić information content (AvgIpc) is 2.33. The Balaban J connectivity index is -0.000000451. The fourth-order valence-corrected chi connectivity index (χ4v) is 1.50. The molecular formula is C6F14IrO6S2-2. The molecule has 0 atom stereocenters. The topological polar surface area (TPSA) is 114 Å². The van der Waals surface area contributed by atoms with E-state index in [1.165, 1.54) is 0 Å². The summed E-state index contributed by atoms with van der Waals surface area (Å²) in [5.74, 6) is -13.8. The second-order valence-corrected chi connectivity index (χ2v) is 6.93. The number of hydrogen-bond donors (Lipinski definition) is 0. The zero-order chi connectivity index (χ0) is 24.0. The van der Waals surface area contributed by atoms with Gasteiger partial charge in [-0.2, -0.15) is 61.5 Å². The number of halogens is 14. The van der Waals surface area contributed by atoms with Crippen molar-refractivity contribution in [3.8, 4) is 0 Å². The van der Waals surface area contributed by atoms with Gasteiger partial charge in [-0.25, -0.2) is 16.8 Å². The van der Waals surface area contributed by atoms with Crippen LogP contribution in [0.2, 0.25) is 0 Å². The first-order valence-corrected chi connectivity index (χ1v) is 7.87. The van der Waals surface area contributed by atoms with Gasteiger partial charge in [0.2, 0.25) is 0 Å². The van der Waals surface area contributed by atoms with Crippen LogP contribution in [0.4, 0.5) is 61.5 Å². The van der Waals surface area contributed by atoms with Crippen LogP contribution >= 0.6 is 0 Å². The molecule has 0 amide bonds. The van der Waals surface area contributed by atoms with Gasteiger partial charge >= 0.3 is 34.7 Å². The van der Waals surface area contributed by atoms with Crippen LogP contribution in [0, 0.1) is 0 Å². The van der Waals surface area contributed by atoms with E-state index in [0.29, 0.717) is 0 Å². The molecule has 0 unspecified atom stereocenters. The third-order valence-corrected chi connectivity index (χ3v) is 3.84.